The number of piperazine rings is 1. The Morgan fingerprint density at radius 2 is 1.61 bits per heavy atom. The van der Waals surface area contributed by atoms with Crippen LogP contribution in [0.4, 0.5) is 5.69 Å². The minimum absolute atomic E-state index is 0.0188. The Bertz CT molecular complexity index is 1290. The highest BCUT2D eigenvalue weighted by Crippen LogP contribution is 2.38. The summed E-state index contributed by atoms with van der Waals surface area (Å²) < 4.78 is 5.45. The molecule has 10 nitrogen and oxygen atoms in total. The number of ketones is 1. The maximum atomic E-state index is 13.3. The van der Waals surface area contributed by atoms with E-state index in [0.29, 0.717) is 46.9 Å². The highest BCUT2D eigenvalue weighted by atomic mass is 16.5. The summed E-state index contributed by atoms with van der Waals surface area (Å²) in [4.78, 5) is 46.7. The van der Waals surface area contributed by atoms with E-state index in [4.69, 9.17) is 4.74 Å². The maximum Gasteiger partial charge on any atom is 0.295 e. The molecule has 0 aliphatic carbocycles. The first kappa shape index (κ1) is 28.0. The Kier molecular flexibility index (Phi) is 9.64. The molecule has 38 heavy (non-hydrogen) atoms. The number of amides is 2. The molecule has 1 aliphatic rings. The average molecular weight is 517 g/mol. The van der Waals surface area contributed by atoms with Gasteiger partial charge in [-0.2, -0.15) is 10.2 Å². The van der Waals surface area contributed by atoms with Crippen molar-refractivity contribution in [3.63, 3.8) is 0 Å². The molecule has 3 aromatic rings. The van der Waals surface area contributed by atoms with Gasteiger partial charge in [-0.25, -0.2) is 0 Å². The number of carbonyl (C=O) groups excluding carboxylic acids is 3. The van der Waals surface area contributed by atoms with Crippen LogP contribution in [0.1, 0.15) is 29.8 Å². The van der Waals surface area contributed by atoms with Crippen molar-refractivity contribution >= 4 is 28.9 Å². The van der Waals surface area contributed by atoms with Gasteiger partial charge in [0.05, 0.1) is 42.6 Å². The fourth-order valence-corrected chi connectivity index (χ4v) is 4.10. The van der Waals surface area contributed by atoms with E-state index in [0.717, 1.165) is 0 Å². The summed E-state index contributed by atoms with van der Waals surface area (Å²) in [6, 6.07) is 10.7. The average Bonchev–Trinajstić information content (AvgIpc) is 3.00. The minimum atomic E-state index is -0.752. The van der Waals surface area contributed by atoms with Crippen molar-refractivity contribution in [3.05, 3.63) is 72.7 Å². The lowest BCUT2D eigenvalue weighted by molar-refractivity contribution is -0.142. The molecule has 4 rings (SSSR count). The zero-order valence-electron chi connectivity index (χ0n) is 22.1. The number of hydrogen-bond donors (Lipinski definition) is 1. The van der Waals surface area contributed by atoms with Crippen LogP contribution in [-0.2, 0) is 9.59 Å². The Morgan fingerprint density at radius 3 is 2.18 bits per heavy atom. The van der Waals surface area contributed by atoms with Crippen LogP contribution < -0.4 is 10.1 Å². The molecule has 1 N–H and O–H groups in total. The maximum absolute atomic E-state index is 13.3. The molecule has 1 aromatic carbocycles. The van der Waals surface area contributed by atoms with Crippen molar-refractivity contribution in [3.8, 4) is 17.0 Å². The summed E-state index contributed by atoms with van der Waals surface area (Å²) in [6.07, 6.45) is 4.56. The molecule has 0 saturated carbocycles. The first-order valence-electron chi connectivity index (χ1n) is 12.3. The number of methoxy groups -OCH3 is 1. The fraction of sp³-hybridized carbons (Fsp3) is 0.286. The van der Waals surface area contributed by atoms with Crippen molar-refractivity contribution in [1.82, 2.24) is 25.0 Å². The monoisotopic (exact) mass is 516 g/mol. The summed E-state index contributed by atoms with van der Waals surface area (Å²) >= 11 is 0. The van der Waals surface area contributed by atoms with Gasteiger partial charge in [0.15, 0.2) is 0 Å². The van der Waals surface area contributed by atoms with E-state index in [1.807, 2.05) is 19.9 Å². The van der Waals surface area contributed by atoms with E-state index < -0.39 is 11.7 Å². The number of ether oxygens (including phenoxy) is 1. The summed E-state index contributed by atoms with van der Waals surface area (Å²) in [5.41, 5.74) is 2.58. The van der Waals surface area contributed by atoms with Gasteiger partial charge in [-0.15, -0.1) is 0 Å². The van der Waals surface area contributed by atoms with Crippen LogP contribution in [0.15, 0.2) is 61.6 Å². The molecule has 10 heteroatoms. The third-order valence-corrected chi connectivity index (χ3v) is 6.02. The molecule has 0 unspecified atom stereocenters. The fourth-order valence-electron chi connectivity index (χ4n) is 4.10. The van der Waals surface area contributed by atoms with Gasteiger partial charge < -0.3 is 19.9 Å². The Hall–Kier alpha value is -4.60. The molecule has 3 heterocycles. The van der Waals surface area contributed by atoms with E-state index in [1.165, 1.54) is 24.4 Å². The number of pyridine rings is 1. The molecule has 1 fully saturated rings. The van der Waals surface area contributed by atoms with Gasteiger partial charge in [0.1, 0.15) is 5.75 Å². The summed E-state index contributed by atoms with van der Waals surface area (Å²) in [6.45, 7) is 9.10. The van der Waals surface area contributed by atoms with Gasteiger partial charge >= 0.3 is 0 Å². The smallest absolute Gasteiger partial charge is 0.295 e. The van der Waals surface area contributed by atoms with E-state index in [1.54, 1.807) is 48.5 Å². The molecule has 0 atom stereocenters. The predicted octanol–water partition coefficient (Wildman–Crippen LogP) is 3.18. The SMILES string of the molecule is C=C(C(=O)C(=O)N1CCN(C(=O)c2ccccc2)CC1)c1c(OC)cnc(-c2ccnnc2)c1NC.CC. The second kappa shape index (κ2) is 13.1. The normalized spacial score (nSPS) is 12.6. The van der Waals surface area contributed by atoms with Crippen molar-refractivity contribution in [2.45, 2.75) is 13.8 Å². The van der Waals surface area contributed by atoms with Crippen LogP contribution in [0, 0.1) is 0 Å². The standard InChI is InChI=1S/C26H26N6O4.C2H6/c1-17(21-20(36-3)16-28-22(23(21)27-2)19-9-10-29-30-15-19)24(33)26(35)32-13-11-31(12-14-32)25(34)18-7-5-4-6-8-18;1-2/h4-10,15-16,27H,1,11-14H2,2-3H3;1-2H3. The summed E-state index contributed by atoms with van der Waals surface area (Å²) in [5.74, 6) is -1.23. The van der Waals surface area contributed by atoms with Crippen LogP contribution in [-0.4, -0.2) is 82.9 Å². The minimum Gasteiger partial charge on any atom is -0.494 e. The number of benzene rings is 1. The summed E-state index contributed by atoms with van der Waals surface area (Å²) in [7, 11) is 3.14. The van der Waals surface area contributed by atoms with E-state index in [-0.39, 0.29) is 24.6 Å². The zero-order chi connectivity index (χ0) is 27.7. The highest BCUT2D eigenvalue weighted by molar-refractivity contribution is 6.53. The van der Waals surface area contributed by atoms with Gasteiger partial charge in [0.2, 0.25) is 0 Å². The number of hydrogen-bond acceptors (Lipinski definition) is 8. The molecular formula is C28H32N6O4. The number of rotatable bonds is 7. The molecule has 0 radical (unpaired) electrons. The van der Waals surface area contributed by atoms with E-state index >= 15 is 0 Å². The molecular weight excluding hydrogens is 484 g/mol. The molecule has 1 saturated heterocycles. The van der Waals surface area contributed by atoms with Gasteiger partial charge in [0, 0.05) is 49.9 Å². The topological polar surface area (TPSA) is 118 Å². The van der Waals surface area contributed by atoms with E-state index in [9.17, 15) is 14.4 Å². The van der Waals surface area contributed by atoms with Gasteiger partial charge in [-0.05, 0) is 18.2 Å². The molecule has 198 valence electrons. The van der Waals surface area contributed by atoms with Crippen LogP contribution in [0.3, 0.4) is 0 Å². The Labute approximate surface area is 222 Å². The lowest BCUT2D eigenvalue weighted by atomic mass is 9.97. The first-order valence-corrected chi connectivity index (χ1v) is 12.3. The Morgan fingerprint density at radius 1 is 0.947 bits per heavy atom. The van der Waals surface area contributed by atoms with Gasteiger partial charge in [-0.3, -0.25) is 19.4 Å². The van der Waals surface area contributed by atoms with Crippen LogP contribution in [0.5, 0.6) is 5.75 Å². The lowest BCUT2D eigenvalue weighted by Gasteiger charge is -2.34. The predicted molar refractivity (Wildman–Crippen MR) is 146 cm³/mol. The number of carbonyl (C=O) groups is 3. The second-order valence-electron chi connectivity index (χ2n) is 8.06. The van der Waals surface area contributed by atoms with Crippen molar-refractivity contribution in [1.29, 1.82) is 0 Å². The van der Waals surface area contributed by atoms with Crippen LogP contribution in [0.25, 0.3) is 16.8 Å². The highest BCUT2D eigenvalue weighted by Gasteiger charge is 2.32. The van der Waals surface area contributed by atoms with Crippen LogP contribution in [0.2, 0.25) is 0 Å². The number of Topliss-reactive ketones (excluding diaryl/α,β-unsaturated/α-hetero) is 1. The molecule has 0 bridgehead atoms. The third-order valence-electron chi connectivity index (χ3n) is 6.02. The molecule has 0 spiro atoms. The second-order valence-corrected chi connectivity index (χ2v) is 8.06. The van der Waals surface area contributed by atoms with Crippen molar-refractivity contribution in [2.24, 2.45) is 0 Å². The molecule has 2 aromatic heterocycles. The lowest BCUT2D eigenvalue weighted by Crippen LogP contribution is -2.52. The quantitative estimate of drug-likeness (QED) is 0.376. The van der Waals surface area contributed by atoms with Crippen molar-refractivity contribution < 1.29 is 19.1 Å². The van der Waals surface area contributed by atoms with Gasteiger partial charge in [0.25, 0.3) is 17.6 Å². The largest absolute Gasteiger partial charge is 0.494 e. The van der Waals surface area contributed by atoms with Gasteiger partial charge in [-0.1, -0.05) is 38.6 Å². The number of anilines is 1. The van der Waals surface area contributed by atoms with E-state index in [2.05, 4.69) is 27.1 Å². The molecule has 1 aliphatic heterocycles. The number of nitrogens with one attached hydrogen (secondary N) is 1. The number of nitrogens with zero attached hydrogens (tertiary/aromatic N) is 5. The van der Waals surface area contributed by atoms with Crippen molar-refractivity contribution in [2.75, 3.05) is 45.7 Å². The zero-order valence-corrected chi connectivity index (χ0v) is 22.1. The summed E-state index contributed by atoms with van der Waals surface area (Å²) in [5, 5.41) is 10.7. The first-order chi connectivity index (χ1) is 18.5. The van der Waals surface area contributed by atoms with Crippen LogP contribution >= 0.6 is 0 Å². The molecule has 2 amide bonds. The Balaban J connectivity index is 0.00000195. The third kappa shape index (κ3) is 5.86. The number of aromatic nitrogens is 3.